The van der Waals surface area contributed by atoms with Crippen molar-refractivity contribution in [2.75, 3.05) is 26.3 Å². The Balaban J connectivity index is 1.70. The van der Waals surface area contributed by atoms with E-state index in [0.29, 0.717) is 0 Å². The van der Waals surface area contributed by atoms with E-state index in [1.807, 2.05) is 0 Å². The third kappa shape index (κ3) is 6.97. The number of amides is 1. The predicted molar refractivity (Wildman–Crippen MR) is 147 cm³/mol. The maximum atomic E-state index is 13.6. The first kappa shape index (κ1) is 31.9. The monoisotopic (exact) mass is 625 g/mol. The number of nitro groups is 1. The van der Waals surface area contributed by atoms with Gasteiger partial charge in [0.2, 0.25) is 15.9 Å². The van der Waals surface area contributed by atoms with Crippen molar-refractivity contribution in [3.05, 3.63) is 75.0 Å². The van der Waals surface area contributed by atoms with Crippen LogP contribution >= 0.6 is 0 Å². The Morgan fingerprint density at radius 2 is 1.81 bits per heavy atom. The standard InChI is InChI=1S/C27H30F3N5O7S/c1-17-23(24(36)31-16-18-6-5-7-19(14-18)27(28,29)30)32-34(26(2,3)4)25(17)42-21-9-8-20(35(37)38)15-22(21)43(39,40)33-10-12-41-13-11-33/h5-9,14-15H,10-13,16H2,1-4H3,(H,31,36). The number of nitro benzene ring substituents is 1. The van der Waals surface area contributed by atoms with Gasteiger partial charge in [-0.2, -0.15) is 22.6 Å². The second kappa shape index (κ2) is 11.9. The molecule has 1 aromatic heterocycles. The van der Waals surface area contributed by atoms with Crippen LogP contribution in [-0.4, -0.2) is 59.6 Å². The highest BCUT2D eigenvalue weighted by Gasteiger charge is 2.34. The summed E-state index contributed by atoms with van der Waals surface area (Å²) >= 11 is 0. The minimum atomic E-state index is -4.54. The van der Waals surface area contributed by atoms with E-state index < -0.39 is 48.7 Å². The Labute approximate surface area is 245 Å². The van der Waals surface area contributed by atoms with Crippen molar-refractivity contribution >= 4 is 21.6 Å². The summed E-state index contributed by atoms with van der Waals surface area (Å²) in [7, 11) is -4.26. The SMILES string of the molecule is Cc1c(C(=O)NCc2cccc(C(F)(F)F)c2)nn(C(C)(C)C)c1Oc1ccc([N+](=O)[O-])cc1S(=O)(=O)N1CCOCC1. The highest BCUT2D eigenvalue weighted by Crippen LogP contribution is 2.38. The first-order valence-electron chi connectivity index (χ1n) is 13.1. The molecule has 1 saturated heterocycles. The van der Waals surface area contributed by atoms with Crippen molar-refractivity contribution in [2.24, 2.45) is 0 Å². The summed E-state index contributed by atoms with van der Waals surface area (Å²) in [5.41, 5.74) is -1.77. The summed E-state index contributed by atoms with van der Waals surface area (Å²) in [5, 5.41) is 18.4. The van der Waals surface area contributed by atoms with E-state index in [1.54, 1.807) is 20.8 Å². The molecule has 12 nitrogen and oxygen atoms in total. The molecule has 2 heterocycles. The molecule has 1 aliphatic rings. The van der Waals surface area contributed by atoms with Gasteiger partial charge in [0.05, 0.1) is 29.2 Å². The minimum Gasteiger partial charge on any atom is -0.438 e. The molecule has 43 heavy (non-hydrogen) atoms. The van der Waals surface area contributed by atoms with E-state index >= 15 is 0 Å². The molecule has 1 N–H and O–H groups in total. The van der Waals surface area contributed by atoms with E-state index in [0.717, 1.165) is 34.6 Å². The van der Waals surface area contributed by atoms with Crippen molar-refractivity contribution in [3.8, 4) is 11.6 Å². The number of benzene rings is 2. The molecule has 1 fully saturated rings. The van der Waals surface area contributed by atoms with Crippen LogP contribution in [0.5, 0.6) is 11.6 Å². The number of nitrogens with one attached hydrogen (secondary N) is 1. The molecule has 1 amide bonds. The molecule has 0 bridgehead atoms. The number of non-ortho nitro benzene ring substituents is 1. The quantitative estimate of drug-likeness (QED) is 0.282. The van der Waals surface area contributed by atoms with Gasteiger partial charge in [-0.15, -0.1) is 0 Å². The number of carbonyl (C=O) groups excluding carboxylic acids is 1. The molecular formula is C27H30F3N5O7S. The molecule has 0 atom stereocenters. The van der Waals surface area contributed by atoms with Crippen LogP contribution in [0.4, 0.5) is 18.9 Å². The highest BCUT2D eigenvalue weighted by atomic mass is 32.2. The summed E-state index contributed by atoms with van der Waals surface area (Å²) in [6, 6.07) is 7.71. The van der Waals surface area contributed by atoms with Gasteiger partial charge >= 0.3 is 6.18 Å². The number of morpholine rings is 1. The smallest absolute Gasteiger partial charge is 0.416 e. The van der Waals surface area contributed by atoms with Crippen molar-refractivity contribution in [1.82, 2.24) is 19.4 Å². The number of ether oxygens (including phenoxy) is 2. The van der Waals surface area contributed by atoms with Gasteiger partial charge in [0.15, 0.2) is 5.69 Å². The summed E-state index contributed by atoms with van der Waals surface area (Å²) in [6.07, 6.45) is -4.54. The minimum absolute atomic E-state index is 0.00370. The molecule has 0 spiro atoms. The Hall–Kier alpha value is -4.02. The fraction of sp³-hybridized carbons (Fsp3) is 0.407. The zero-order valence-electron chi connectivity index (χ0n) is 23.8. The first-order chi connectivity index (χ1) is 20.0. The van der Waals surface area contributed by atoms with Crippen molar-refractivity contribution in [2.45, 2.75) is 50.9 Å². The summed E-state index contributed by atoms with van der Waals surface area (Å²) in [5.74, 6) is -0.918. The van der Waals surface area contributed by atoms with Crippen LogP contribution in [-0.2, 0) is 33.0 Å². The zero-order chi connectivity index (χ0) is 31.7. The predicted octanol–water partition coefficient (Wildman–Crippen LogP) is 4.62. The number of rotatable bonds is 8. The van der Waals surface area contributed by atoms with Gasteiger partial charge in [0.1, 0.15) is 10.6 Å². The van der Waals surface area contributed by atoms with E-state index in [1.165, 1.54) is 23.7 Å². The molecule has 0 radical (unpaired) electrons. The molecule has 232 valence electrons. The third-order valence-electron chi connectivity index (χ3n) is 6.56. The first-order valence-corrected chi connectivity index (χ1v) is 14.5. The van der Waals surface area contributed by atoms with Crippen LogP contribution in [0.1, 0.15) is 48.0 Å². The van der Waals surface area contributed by atoms with Crippen LogP contribution in [0.15, 0.2) is 47.4 Å². The van der Waals surface area contributed by atoms with Gasteiger partial charge in [0, 0.05) is 37.3 Å². The number of hydrogen-bond donors (Lipinski definition) is 1. The van der Waals surface area contributed by atoms with Crippen molar-refractivity contribution in [1.29, 1.82) is 0 Å². The van der Waals surface area contributed by atoms with Crippen LogP contribution in [0, 0.1) is 17.0 Å². The largest absolute Gasteiger partial charge is 0.438 e. The maximum absolute atomic E-state index is 13.6. The van der Waals surface area contributed by atoms with E-state index in [2.05, 4.69) is 10.4 Å². The topological polar surface area (TPSA) is 146 Å². The second-order valence-electron chi connectivity index (χ2n) is 10.7. The lowest BCUT2D eigenvalue weighted by Gasteiger charge is -2.27. The van der Waals surface area contributed by atoms with Crippen molar-refractivity contribution in [3.63, 3.8) is 0 Å². The summed E-state index contributed by atoms with van der Waals surface area (Å²) in [4.78, 5) is 23.5. The molecule has 1 aliphatic heterocycles. The molecular weight excluding hydrogens is 595 g/mol. The van der Waals surface area contributed by atoms with Crippen LogP contribution in [0.3, 0.4) is 0 Å². The van der Waals surface area contributed by atoms with Gasteiger partial charge in [-0.25, -0.2) is 13.1 Å². The van der Waals surface area contributed by atoms with Gasteiger partial charge in [-0.3, -0.25) is 14.9 Å². The number of carbonyl (C=O) groups is 1. The number of halogens is 3. The zero-order valence-corrected chi connectivity index (χ0v) is 24.6. The number of alkyl halides is 3. The van der Waals surface area contributed by atoms with Crippen LogP contribution < -0.4 is 10.1 Å². The van der Waals surface area contributed by atoms with Gasteiger partial charge in [-0.1, -0.05) is 12.1 Å². The molecule has 4 rings (SSSR count). The van der Waals surface area contributed by atoms with Crippen LogP contribution in [0.2, 0.25) is 0 Å². The lowest BCUT2D eigenvalue weighted by Crippen LogP contribution is -2.40. The second-order valence-corrected chi connectivity index (χ2v) is 12.7. The summed E-state index contributed by atoms with van der Waals surface area (Å²) in [6.45, 7) is 6.97. The molecule has 16 heteroatoms. The Bertz CT molecular complexity index is 1640. The van der Waals surface area contributed by atoms with Gasteiger partial charge in [-0.05, 0) is 51.5 Å². The molecule has 2 aromatic carbocycles. The van der Waals surface area contributed by atoms with Gasteiger partial charge in [0.25, 0.3) is 11.6 Å². The van der Waals surface area contributed by atoms with E-state index in [-0.39, 0.29) is 61.3 Å². The lowest BCUT2D eigenvalue weighted by molar-refractivity contribution is -0.385. The average molecular weight is 626 g/mol. The molecule has 0 saturated carbocycles. The Morgan fingerprint density at radius 1 is 1.14 bits per heavy atom. The van der Waals surface area contributed by atoms with E-state index in [9.17, 15) is 36.5 Å². The highest BCUT2D eigenvalue weighted by molar-refractivity contribution is 7.89. The number of sulfonamides is 1. The van der Waals surface area contributed by atoms with Crippen LogP contribution in [0.25, 0.3) is 0 Å². The fourth-order valence-corrected chi connectivity index (χ4v) is 5.86. The molecule has 0 aliphatic carbocycles. The molecule has 0 unspecified atom stereocenters. The lowest BCUT2D eigenvalue weighted by atomic mass is 10.1. The maximum Gasteiger partial charge on any atom is 0.416 e. The number of nitrogens with zero attached hydrogens (tertiary/aromatic N) is 4. The van der Waals surface area contributed by atoms with Gasteiger partial charge < -0.3 is 14.8 Å². The summed E-state index contributed by atoms with van der Waals surface area (Å²) < 4.78 is 80.3. The van der Waals surface area contributed by atoms with Crippen molar-refractivity contribution < 1.29 is 40.8 Å². The van der Waals surface area contributed by atoms with E-state index in [4.69, 9.17) is 9.47 Å². The average Bonchev–Trinajstić information content (AvgIpc) is 3.28. The fourth-order valence-electron chi connectivity index (χ4n) is 4.32. The molecule has 3 aromatic rings. The number of hydrogen-bond acceptors (Lipinski definition) is 8. The Kier molecular flexibility index (Phi) is 8.85. The normalized spacial score (nSPS) is 14.9. The third-order valence-corrected chi connectivity index (χ3v) is 8.48. The Morgan fingerprint density at radius 3 is 2.42 bits per heavy atom. The number of aromatic nitrogens is 2.